The molecular formula is C21H18FN3O2. The molecule has 1 aliphatic heterocycles. The lowest BCUT2D eigenvalue weighted by molar-refractivity contribution is 0.0733. The Morgan fingerprint density at radius 3 is 2.56 bits per heavy atom. The molecule has 2 heterocycles. The maximum atomic E-state index is 13.1. The van der Waals surface area contributed by atoms with E-state index in [9.17, 15) is 9.18 Å². The van der Waals surface area contributed by atoms with E-state index in [1.54, 1.807) is 18.2 Å². The van der Waals surface area contributed by atoms with Crippen LogP contribution in [0.1, 0.15) is 21.6 Å². The smallest absolute Gasteiger partial charge is 0.254 e. The van der Waals surface area contributed by atoms with E-state index >= 15 is 0 Å². The number of hydrogen-bond donors (Lipinski definition) is 0. The minimum absolute atomic E-state index is 0.111. The Bertz CT molecular complexity index is 972. The van der Waals surface area contributed by atoms with Gasteiger partial charge in [-0.25, -0.2) is 14.4 Å². The van der Waals surface area contributed by atoms with Crippen molar-refractivity contribution in [3.63, 3.8) is 0 Å². The van der Waals surface area contributed by atoms with Crippen LogP contribution in [0.2, 0.25) is 0 Å². The molecule has 4 rings (SSSR count). The van der Waals surface area contributed by atoms with Crippen molar-refractivity contribution in [3.05, 3.63) is 77.4 Å². The predicted molar refractivity (Wildman–Crippen MR) is 98.9 cm³/mol. The largest absolute Gasteiger partial charge is 0.497 e. The first-order valence-corrected chi connectivity index (χ1v) is 8.68. The summed E-state index contributed by atoms with van der Waals surface area (Å²) in [5, 5.41) is 0. The first kappa shape index (κ1) is 17.1. The fourth-order valence-electron chi connectivity index (χ4n) is 3.14. The van der Waals surface area contributed by atoms with Gasteiger partial charge in [-0.15, -0.1) is 0 Å². The number of hydrogen-bond acceptors (Lipinski definition) is 4. The summed E-state index contributed by atoms with van der Waals surface area (Å²) < 4.78 is 18.2. The summed E-state index contributed by atoms with van der Waals surface area (Å²) in [5.74, 6) is 0.983. The van der Waals surface area contributed by atoms with E-state index < -0.39 is 0 Å². The van der Waals surface area contributed by atoms with Crippen LogP contribution in [0.5, 0.6) is 5.75 Å². The number of carbonyl (C=O) groups excluding carboxylic acids is 1. The van der Waals surface area contributed by atoms with Gasteiger partial charge in [0.1, 0.15) is 11.6 Å². The van der Waals surface area contributed by atoms with Gasteiger partial charge in [-0.2, -0.15) is 0 Å². The summed E-state index contributed by atoms with van der Waals surface area (Å²) in [4.78, 5) is 23.5. The molecule has 136 valence electrons. The highest BCUT2D eigenvalue weighted by Crippen LogP contribution is 2.23. The Balaban J connectivity index is 1.53. The van der Waals surface area contributed by atoms with Crippen LogP contribution in [0.25, 0.3) is 11.4 Å². The van der Waals surface area contributed by atoms with Gasteiger partial charge in [-0.3, -0.25) is 4.79 Å². The Morgan fingerprint density at radius 1 is 1.11 bits per heavy atom. The van der Waals surface area contributed by atoms with Crippen LogP contribution in [0, 0.1) is 5.82 Å². The number of carbonyl (C=O) groups is 1. The Hall–Kier alpha value is -3.28. The van der Waals surface area contributed by atoms with Gasteiger partial charge < -0.3 is 9.64 Å². The number of benzene rings is 2. The topological polar surface area (TPSA) is 55.3 Å². The number of ether oxygens (including phenoxy) is 1. The molecule has 0 fully saturated rings. The van der Waals surface area contributed by atoms with E-state index in [0.29, 0.717) is 30.9 Å². The maximum absolute atomic E-state index is 13.1. The van der Waals surface area contributed by atoms with Gasteiger partial charge in [0, 0.05) is 42.4 Å². The predicted octanol–water partition coefficient (Wildman–Crippen LogP) is 3.49. The molecule has 0 unspecified atom stereocenters. The van der Waals surface area contributed by atoms with Crippen molar-refractivity contribution in [2.75, 3.05) is 13.7 Å². The van der Waals surface area contributed by atoms with E-state index in [-0.39, 0.29) is 11.7 Å². The summed E-state index contributed by atoms with van der Waals surface area (Å²) in [7, 11) is 1.63. The quantitative estimate of drug-likeness (QED) is 0.715. The lowest BCUT2D eigenvalue weighted by Gasteiger charge is -2.28. The van der Waals surface area contributed by atoms with Crippen LogP contribution in [0.3, 0.4) is 0 Å². The molecule has 5 nitrogen and oxygen atoms in total. The minimum atomic E-state index is -0.352. The molecule has 1 aliphatic rings. The standard InChI is InChI=1S/C21H18FN3O2/c1-27-18-8-4-14(5-9-18)20-23-12-16-13-25(11-10-19(16)24-20)21(26)15-2-6-17(22)7-3-15/h2-9,12H,10-11,13H2,1H3. The number of amides is 1. The normalized spacial score (nSPS) is 13.2. The maximum Gasteiger partial charge on any atom is 0.254 e. The molecule has 0 atom stereocenters. The molecule has 3 aromatic rings. The molecule has 1 amide bonds. The highest BCUT2D eigenvalue weighted by molar-refractivity contribution is 5.94. The van der Waals surface area contributed by atoms with Gasteiger partial charge in [-0.1, -0.05) is 0 Å². The van der Waals surface area contributed by atoms with Crippen LogP contribution in [0.15, 0.2) is 54.7 Å². The van der Waals surface area contributed by atoms with Gasteiger partial charge in [0.2, 0.25) is 0 Å². The number of rotatable bonds is 3. The average molecular weight is 363 g/mol. The summed E-state index contributed by atoms with van der Waals surface area (Å²) >= 11 is 0. The molecule has 0 radical (unpaired) electrons. The first-order chi connectivity index (χ1) is 13.1. The van der Waals surface area contributed by atoms with Gasteiger partial charge >= 0.3 is 0 Å². The lowest BCUT2D eigenvalue weighted by Crippen LogP contribution is -2.36. The monoisotopic (exact) mass is 363 g/mol. The summed E-state index contributed by atoms with van der Waals surface area (Å²) in [6, 6.07) is 13.2. The van der Waals surface area contributed by atoms with Gasteiger partial charge in [-0.05, 0) is 48.5 Å². The highest BCUT2D eigenvalue weighted by atomic mass is 19.1. The van der Waals surface area contributed by atoms with E-state index in [2.05, 4.69) is 9.97 Å². The SMILES string of the molecule is COc1ccc(-c2ncc3c(n2)CCN(C(=O)c2ccc(F)cc2)C3)cc1. The van der Waals surface area contributed by atoms with Gasteiger partial charge in [0.15, 0.2) is 5.82 Å². The fourth-order valence-corrected chi connectivity index (χ4v) is 3.14. The van der Waals surface area contributed by atoms with E-state index in [1.165, 1.54) is 24.3 Å². The molecule has 0 saturated carbocycles. The lowest BCUT2D eigenvalue weighted by atomic mass is 10.1. The number of nitrogens with zero attached hydrogens (tertiary/aromatic N) is 3. The zero-order chi connectivity index (χ0) is 18.8. The van der Waals surface area contributed by atoms with Crippen LogP contribution in [-0.4, -0.2) is 34.4 Å². The number of halogens is 1. The van der Waals surface area contributed by atoms with Crippen LogP contribution >= 0.6 is 0 Å². The molecular weight excluding hydrogens is 345 g/mol. The number of aromatic nitrogens is 2. The Labute approximate surface area is 156 Å². The summed E-state index contributed by atoms with van der Waals surface area (Å²) in [5.41, 5.74) is 3.30. The van der Waals surface area contributed by atoms with Crippen molar-refractivity contribution in [3.8, 4) is 17.1 Å². The summed E-state index contributed by atoms with van der Waals surface area (Å²) in [6.07, 6.45) is 2.44. The van der Waals surface area contributed by atoms with Crippen LogP contribution < -0.4 is 4.74 Å². The van der Waals surface area contributed by atoms with E-state index in [1.807, 2.05) is 24.3 Å². The molecule has 0 saturated heterocycles. The minimum Gasteiger partial charge on any atom is -0.497 e. The molecule has 0 bridgehead atoms. The second-order valence-electron chi connectivity index (χ2n) is 6.38. The highest BCUT2D eigenvalue weighted by Gasteiger charge is 2.23. The van der Waals surface area contributed by atoms with Gasteiger partial charge in [0.05, 0.1) is 12.8 Å². The second kappa shape index (κ2) is 7.15. The Kier molecular flexibility index (Phi) is 4.54. The van der Waals surface area contributed by atoms with Crippen molar-refractivity contribution >= 4 is 5.91 Å². The second-order valence-corrected chi connectivity index (χ2v) is 6.38. The van der Waals surface area contributed by atoms with Crippen molar-refractivity contribution in [2.45, 2.75) is 13.0 Å². The fraction of sp³-hybridized carbons (Fsp3) is 0.190. The molecule has 0 N–H and O–H groups in total. The number of methoxy groups -OCH3 is 1. The third kappa shape index (κ3) is 3.51. The zero-order valence-electron chi connectivity index (χ0n) is 14.9. The molecule has 0 aliphatic carbocycles. The van der Waals surface area contributed by atoms with E-state index in [0.717, 1.165) is 22.6 Å². The van der Waals surface area contributed by atoms with Crippen molar-refractivity contribution in [1.29, 1.82) is 0 Å². The number of fused-ring (bicyclic) bond motifs is 1. The molecule has 0 spiro atoms. The van der Waals surface area contributed by atoms with Crippen molar-refractivity contribution in [1.82, 2.24) is 14.9 Å². The third-order valence-corrected chi connectivity index (χ3v) is 4.66. The molecule has 6 heteroatoms. The molecule has 27 heavy (non-hydrogen) atoms. The molecule has 1 aromatic heterocycles. The first-order valence-electron chi connectivity index (χ1n) is 8.68. The molecule has 2 aromatic carbocycles. The summed E-state index contributed by atoms with van der Waals surface area (Å²) in [6.45, 7) is 1.02. The third-order valence-electron chi connectivity index (χ3n) is 4.66. The van der Waals surface area contributed by atoms with Crippen molar-refractivity contribution in [2.24, 2.45) is 0 Å². The van der Waals surface area contributed by atoms with E-state index in [4.69, 9.17) is 4.74 Å². The average Bonchev–Trinajstić information content (AvgIpc) is 2.73. The van der Waals surface area contributed by atoms with Crippen LogP contribution in [0.4, 0.5) is 4.39 Å². The Morgan fingerprint density at radius 2 is 1.85 bits per heavy atom. The van der Waals surface area contributed by atoms with Crippen LogP contribution in [-0.2, 0) is 13.0 Å². The zero-order valence-corrected chi connectivity index (χ0v) is 14.9. The van der Waals surface area contributed by atoms with Crippen molar-refractivity contribution < 1.29 is 13.9 Å². The van der Waals surface area contributed by atoms with Gasteiger partial charge in [0.25, 0.3) is 5.91 Å².